The topological polar surface area (TPSA) is 64.2 Å². The fraction of sp³-hybridized carbons (Fsp3) is 0.222. The molecule has 0 radical (unpaired) electrons. The third kappa shape index (κ3) is 3.18. The first kappa shape index (κ1) is 15.1. The van der Waals surface area contributed by atoms with Crippen molar-refractivity contribution >= 4 is 17.0 Å². The summed E-state index contributed by atoms with van der Waals surface area (Å²) in [6, 6.07) is 13.3. The third-order valence-corrected chi connectivity index (χ3v) is 3.96. The van der Waals surface area contributed by atoms with Gasteiger partial charge in [0.2, 0.25) is 5.91 Å². The summed E-state index contributed by atoms with van der Waals surface area (Å²) in [5, 5.41) is 2.90. The number of oxazole rings is 1. The maximum atomic E-state index is 12.1. The molecule has 0 aliphatic heterocycles. The Kier molecular flexibility index (Phi) is 4.02. The van der Waals surface area contributed by atoms with E-state index in [1.165, 1.54) is 4.57 Å². The number of fused-ring (bicyclic) bond motifs is 1. The second-order valence-electron chi connectivity index (χ2n) is 5.61. The van der Waals surface area contributed by atoms with Crippen LogP contribution in [0.1, 0.15) is 16.7 Å². The number of aromatic nitrogens is 1. The number of carbonyl (C=O) groups excluding carboxylic acids is 1. The molecule has 3 rings (SSSR count). The van der Waals surface area contributed by atoms with E-state index in [0.717, 1.165) is 22.2 Å². The van der Waals surface area contributed by atoms with Gasteiger partial charge in [-0.2, -0.15) is 0 Å². The molecule has 23 heavy (non-hydrogen) atoms. The van der Waals surface area contributed by atoms with Gasteiger partial charge >= 0.3 is 5.76 Å². The summed E-state index contributed by atoms with van der Waals surface area (Å²) in [6.07, 6.45) is 0.356. The van der Waals surface area contributed by atoms with Gasteiger partial charge in [0.15, 0.2) is 5.58 Å². The van der Waals surface area contributed by atoms with E-state index in [-0.39, 0.29) is 11.7 Å². The summed E-state index contributed by atoms with van der Waals surface area (Å²) in [5.74, 6) is -0.422. The number of amides is 1. The molecule has 0 fully saturated rings. The number of nitrogens with one attached hydrogen (secondary N) is 1. The van der Waals surface area contributed by atoms with Crippen LogP contribution in [0.5, 0.6) is 0 Å². The van der Waals surface area contributed by atoms with Crippen molar-refractivity contribution < 1.29 is 9.21 Å². The first-order valence-corrected chi connectivity index (χ1v) is 7.44. The summed E-state index contributed by atoms with van der Waals surface area (Å²) in [5.41, 5.74) is 4.29. The molecule has 5 nitrogen and oxygen atoms in total. The molecule has 1 aromatic heterocycles. The van der Waals surface area contributed by atoms with Crippen LogP contribution in [0.15, 0.2) is 51.7 Å². The highest BCUT2D eigenvalue weighted by Crippen LogP contribution is 2.14. The molecule has 0 aliphatic carbocycles. The maximum Gasteiger partial charge on any atom is 0.419 e. The molecule has 0 aliphatic rings. The quantitative estimate of drug-likeness (QED) is 0.804. The Hall–Kier alpha value is -2.82. The van der Waals surface area contributed by atoms with Gasteiger partial charge in [-0.15, -0.1) is 0 Å². The average molecular weight is 310 g/mol. The lowest BCUT2D eigenvalue weighted by Crippen LogP contribution is -2.24. The van der Waals surface area contributed by atoms with Gasteiger partial charge in [-0.05, 0) is 35.7 Å². The predicted molar refractivity (Wildman–Crippen MR) is 88.2 cm³/mol. The smallest absolute Gasteiger partial charge is 0.408 e. The highest BCUT2D eigenvalue weighted by atomic mass is 16.4. The van der Waals surface area contributed by atoms with Gasteiger partial charge in [0.25, 0.3) is 0 Å². The van der Waals surface area contributed by atoms with Crippen LogP contribution >= 0.6 is 0 Å². The SMILES string of the molecule is Cc1ccccc1CC(=O)NCc1ccc2c(c1)oc(=O)n2C. The van der Waals surface area contributed by atoms with Crippen LogP contribution in [0.2, 0.25) is 0 Å². The van der Waals surface area contributed by atoms with Crippen LogP contribution in [-0.4, -0.2) is 10.5 Å². The molecule has 0 saturated heterocycles. The van der Waals surface area contributed by atoms with Gasteiger partial charge in [0.1, 0.15) is 0 Å². The van der Waals surface area contributed by atoms with Gasteiger partial charge in [0, 0.05) is 13.6 Å². The van der Waals surface area contributed by atoms with Crippen molar-refractivity contribution in [3.05, 3.63) is 69.7 Å². The molecule has 118 valence electrons. The van der Waals surface area contributed by atoms with Gasteiger partial charge in [-0.25, -0.2) is 4.79 Å². The standard InChI is InChI=1S/C18H18N2O3/c1-12-5-3-4-6-14(12)10-17(21)19-11-13-7-8-15-16(9-13)23-18(22)20(15)2/h3-9H,10-11H2,1-2H3,(H,19,21). The Labute approximate surface area is 133 Å². The van der Waals surface area contributed by atoms with E-state index < -0.39 is 0 Å². The monoisotopic (exact) mass is 310 g/mol. The molecule has 1 heterocycles. The van der Waals surface area contributed by atoms with Crippen molar-refractivity contribution in [3.63, 3.8) is 0 Å². The molecule has 5 heteroatoms. The summed E-state index contributed by atoms with van der Waals surface area (Å²) in [4.78, 5) is 23.5. The minimum Gasteiger partial charge on any atom is -0.408 e. The highest BCUT2D eigenvalue weighted by molar-refractivity contribution is 5.79. The van der Waals surface area contributed by atoms with Crippen molar-refractivity contribution in [2.24, 2.45) is 7.05 Å². The minimum absolute atomic E-state index is 0.0334. The Balaban J connectivity index is 1.67. The van der Waals surface area contributed by atoms with Crippen molar-refractivity contribution in [2.75, 3.05) is 0 Å². The van der Waals surface area contributed by atoms with Crippen LogP contribution < -0.4 is 11.1 Å². The molecule has 0 bridgehead atoms. The molecular weight excluding hydrogens is 292 g/mol. The van der Waals surface area contributed by atoms with Crippen LogP contribution in [0.25, 0.3) is 11.1 Å². The fourth-order valence-corrected chi connectivity index (χ4v) is 2.53. The molecular formula is C18H18N2O3. The zero-order chi connectivity index (χ0) is 16.4. The van der Waals surface area contributed by atoms with Crippen molar-refractivity contribution in [2.45, 2.75) is 19.9 Å². The van der Waals surface area contributed by atoms with E-state index >= 15 is 0 Å². The normalized spacial score (nSPS) is 10.9. The average Bonchev–Trinajstić information content (AvgIpc) is 2.82. The van der Waals surface area contributed by atoms with Crippen molar-refractivity contribution in [1.29, 1.82) is 0 Å². The first-order chi connectivity index (χ1) is 11.0. The third-order valence-electron chi connectivity index (χ3n) is 3.96. The molecule has 1 amide bonds. The van der Waals surface area contributed by atoms with Crippen LogP contribution in [0, 0.1) is 6.92 Å². The Morgan fingerprint density at radius 1 is 1.22 bits per heavy atom. The number of aryl methyl sites for hydroxylation is 2. The van der Waals surface area contributed by atoms with Gasteiger partial charge in [-0.1, -0.05) is 30.3 Å². The number of nitrogens with zero attached hydrogens (tertiary/aromatic N) is 1. The van der Waals surface area contributed by atoms with Crippen LogP contribution in [0.4, 0.5) is 0 Å². The maximum absolute atomic E-state index is 12.1. The lowest BCUT2D eigenvalue weighted by molar-refractivity contribution is -0.120. The Bertz CT molecular complexity index is 921. The van der Waals surface area contributed by atoms with E-state index in [4.69, 9.17) is 4.42 Å². The summed E-state index contributed by atoms with van der Waals surface area (Å²) in [6.45, 7) is 2.40. The summed E-state index contributed by atoms with van der Waals surface area (Å²) < 4.78 is 6.61. The second kappa shape index (κ2) is 6.12. The van der Waals surface area contributed by atoms with Gasteiger partial charge in [0.05, 0.1) is 11.9 Å². The lowest BCUT2D eigenvalue weighted by Gasteiger charge is -2.07. The summed E-state index contributed by atoms with van der Waals surface area (Å²) >= 11 is 0. The molecule has 0 atom stereocenters. The minimum atomic E-state index is -0.388. The van der Waals surface area contributed by atoms with Crippen molar-refractivity contribution in [1.82, 2.24) is 9.88 Å². The van der Waals surface area contributed by atoms with Crippen LogP contribution in [-0.2, 0) is 24.8 Å². The molecule has 1 N–H and O–H groups in total. The van der Waals surface area contributed by atoms with E-state index in [0.29, 0.717) is 18.5 Å². The zero-order valence-electron chi connectivity index (χ0n) is 13.1. The van der Waals surface area contributed by atoms with E-state index in [1.54, 1.807) is 13.1 Å². The first-order valence-electron chi connectivity index (χ1n) is 7.44. The molecule has 0 spiro atoms. The molecule has 0 unspecified atom stereocenters. The molecule has 0 saturated carbocycles. The van der Waals surface area contributed by atoms with Gasteiger partial charge < -0.3 is 9.73 Å². The zero-order valence-corrected chi connectivity index (χ0v) is 13.1. The highest BCUT2D eigenvalue weighted by Gasteiger charge is 2.08. The fourth-order valence-electron chi connectivity index (χ4n) is 2.53. The number of hydrogen-bond acceptors (Lipinski definition) is 3. The van der Waals surface area contributed by atoms with E-state index in [9.17, 15) is 9.59 Å². The number of hydrogen-bond donors (Lipinski definition) is 1. The molecule has 2 aromatic carbocycles. The number of benzene rings is 2. The van der Waals surface area contributed by atoms with E-state index in [1.807, 2.05) is 43.3 Å². The predicted octanol–water partition coefficient (Wildman–Crippen LogP) is 2.30. The summed E-state index contributed by atoms with van der Waals surface area (Å²) in [7, 11) is 1.66. The number of rotatable bonds is 4. The van der Waals surface area contributed by atoms with Crippen molar-refractivity contribution in [3.8, 4) is 0 Å². The van der Waals surface area contributed by atoms with E-state index in [2.05, 4.69) is 5.32 Å². The number of carbonyl (C=O) groups is 1. The Morgan fingerprint density at radius 3 is 2.78 bits per heavy atom. The molecule has 3 aromatic rings. The largest absolute Gasteiger partial charge is 0.419 e. The van der Waals surface area contributed by atoms with Gasteiger partial charge in [-0.3, -0.25) is 9.36 Å². The Morgan fingerprint density at radius 2 is 2.00 bits per heavy atom. The second-order valence-corrected chi connectivity index (χ2v) is 5.61. The lowest BCUT2D eigenvalue weighted by atomic mass is 10.1. The van der Waals surface area contributed by atoms with Crippen LogP contribution in [0.3, 0.4) is 0 Å².